The van der Waals surface area contributed by atoms with Gasteiger partial charge in [-0.25, -0.2) is 5.43 Å². The van der Waals surface area contributed by atoms with Crippen LogP contribution < -0.4 is 16.0 Å². The number of halogens is 1. The van der Waals surface area contributed by atoms with Crippen LogP contribution in [0.4, 0.5) is 0 Å². The summed E-state index contributed by atoms with van der Waals surface area (Å²) in [6.07, 6.45) is 0. The summed E-state index contributed by atoms with van der Waals surface area (Å²) in [4.78, 5) is 0. The second-order valence-electron chi connectivity index (χ2n) is 4.55. The van der Waals surface area contributed by atoms with Crippen LogP contribution in [0.2, 0.25) is 5.02 Å². The summed E-state index contributed by atoms with van der Waals surface area (Å²) >= 11 is 6.41. The number of rotatable bonds is 5. The molecule has 1 unspecified atom stereocenters. The third kappa shape index (κ3) is 2.96. The number of benzene rings is 2. The van der Waals surface area contributed by atoms with Gasteiger partial charge in [-0.1, -0.05) is 48.0 Å². The van der Waals surface area contributed by atoms with Crippen molar-refractivity contribution in [2.75, 3.05) is 6.61 Å². The highest BCUT2D eigenvalue weighted by atomic mass is 35.5. The number of aryl methyl sites for hydroxylation is 1. The first-order chi connectivity index (χ1) is 9.69. The fourth-order valence-electron chi connectivity index (χ4n) is 2.25. The highest BCUT2D eigenvalue weighted by Crippen LogP contribution is 2.34. The van der Waals surface area contributed by atoms with E-state index in [9.17, 15) is 0 Å². The molecule has 0 radical (unpaired) electrons. The second kappa shape index (κ2) is 6.75. The van der Waals surface area contributed by atoms with E-state index < -0.39 is 0 Å². The lowest BCUT2D eigenvalue weighted by molar-refractivity contribution is 0.333. The van der Waals surface area contributed by atoms with Crippen molar-refractivity contribution in [2.45, 2.75) is 19.9 Å². The van der Waals surface area contributed by atoms with Crippen LogP contribution in [0.25, 0.3) is 0 Å². The molecule has 0 aromatic heterocycles. The number of nitrogens with two attached hydrogens (primary N) is 1. The minimum Gasteiger partial charge on any atom is -0.494 e. The summed E-state index contributed by atoms with van der Waals surface area (Å²) in [5, 5.41) is 0.724. The molecule has 106 valence electrons. The highest BCUT2D eigenvalue weighted by Gasteiger charge is 2.19. The largest absolute Gasteiger partial charge is 0.494 e. The summed E-state index contributed by atoms with van der Waals surface area (Å²) in [5.74, 6) is 6.57. The fraction of sp³-hybridized carbons (Fsp3) is 0.250. The van der Waals surface area contributed by atoms with E-state index in [1.807, 2.05) is 56.3 Å². The zero-order valence-electron chi connectivity index (χ0n) is 11.7. The number of hydrogen-bond acceptors (Lipinski definition) is 3. The molecule has 0 spiro atoms. The van der Waals surface area contributed by atoms with E-state index >= 15 is 0 Å². The Morgan fingerprint density at radius 1 is 1.15 bits per heavy atom. The molecule has 4 heteroatoms. The lowest BCUT2D eigenvalue weighted by Gasteiger charge is -2.21. The lowest BCUT2D eigenvalue weighted by Crippen LogP contribution is -2.29. The Morgan fingerprint density at radius 2 is 1.85 bits per heavy atom. The average molecular weight is 291 g/mol. The van der Waals surface area contributed by atoms with Gasteiger partial charge in [-0.2, -0.15) is 0 Å². The van der Waals surface area contributed by atoms with Crippen molar-refractivity contribution >= 4 is 11.6 Å². The molecule has 1 atom stereocenters. The van der Waals surface area contributed by atoms with Gasteiger partial charge < -0.3 is 4.74 Å². The molecule has 2 aromatic rings. The number of hydrazine groups is 1. The maximum atomic E-state index is 6.41. The molecule has 0 bridgehead atoms. The van der Waals surface area contributed by atoms with Crippen LogP contribution in [0.3, 0.4) is 0 Å². The smallest absolute Gasteiger partial charge is 0.124 e. The summed E-state index contributed by atoms with van der Waals surface area (Å²) < 4.78 is 5.67. The van der Waals surface area contributed by atoms with Gasteiger partial charge in [0.25, 0.3) is 0 Å². The minimum absolute atomic E-state index is 0.204. The molecule has 20 heavy (non-hydrogen) atoms. The summed E-state index contributed by atoms with van der Waals surface area (Å²) in [6, 6.07) is 13.6. The predicted octanol–water partition coefficient (Wildman–Crippen LogP) is 3.60. The van der Waals surface area contributed by atoms with Crippen molar-refractivity contribution in [3.63, 3.8) is 0 Å². The van der Waals surface area contributed by atoms with E-state index in [1.54, 1.807) is 0 Å². The Labute approximate surface area is 124 Å². The third-order valence-corrected chi connectivity index (χ3v) is 3.75. The monoisotopic (exact) mass is 290 g/mol. The number of para-hydroxylation sites is 1. The molecule has 3 nitrogen and oxygen atoms in total. The lowest BCUT2D eigenvalue weighted by atomic mass is 9.97. The van der Waals surface area contributed by atoms with Crippen LogP contribution in [-0.4, -0.2) is 6.61 Å². The molecule has 0 fully saturated rings. The van der Waals surface area contributed by atoms with Crippen LogP contribution in [-0.2, 0) is 0 Å². The number of ether oxygens (including phenoxy) is 1. The van der Waals surface area contributed by atoms with Gasteiger partial charge in [-0.15, -0.1) is 0 Å². The first-order valence-corrected chi connectivity index (χ1v) is 6.99. The van der Waals surface area contributed by atoms with Gasteiger partial charge in [-0.3, -0.25) is 5.84 Å². The van der Waals surface area contributed by atoms with Crippen molar-refractivity contribution in [1.82, 2.24) is 5.43 Å². The highest BCUT2D eigenvalue weighted by molar-refractivity contribution is 6.32. The SMILES string of the molecule is CCOc1ccccc1C(NN)c1cccc(C)c1Cl. The number of hydrogen-bond donors (Lipinski definition) is 2. The molecule has 0 amide bonds. The van der Waals surface area contributed by atoms with E-state index in [1.165, 1.54) is 0 Å². The Hall–Kier alpha value is -1.55. The van der Waals surface area contributed by atoms with Gasteiger partial charge >= 0.3 is 0 Å². The van der Waals surface area contributed by atoms with Crippen LogP contribution in [0, 0.1) is 6.92 Å². The van der Waals surface area contributed by atoms with Gasteiger partial charge in [0.1, 0.15) is 5.75 Å². The van der Waals surface area contributed by atoms with Gasteiger partial charge in [0.15, 0.2) is 0 Å². The van der Waals surface area contributed by atoms with E-state index in [4.69, 9.17) is 22.2 Å². The Morgan fingerprint density at radius 3 is 2.55 bits per heavy atom. The van der Waals surface area contributed by atoms with Crippen LogP contribution >= 0.6 is 11.6 Å². The van der Waals surface area contributed by atoms with Crippen molar-refractivity contribution in [1.29, 1.82) is 0 Å². The van der Waals surface area contributed by atoms with E-state index in [-0.39, 0.29) is 6.04 Å². The zero-order chi connectivity index (χ0) is 14.5. The van der Waals surface area contributed by atoms with Crippen LogP contribution in [0.1, 0.15) is 29.7 Å². The Bertz CT molecular complexity index is 586. The average Bonchev–Trinajstić information content (AvgIpc) is 2.46. The summed E-state index contributed by atoms with van der Waals surface area (Å²) in [5.41, 5.74) is 5.79. The standard InChI is InChI=1S/C16H19ClN2O/c1-3-20-14-10-5-4-8-12(14)16(19-18)13-9-6-7-11(2)15(13)17/h4-10,16,19H,3,18H2,1-2H3. The molecule has 2 aromatic carbocycles. The molecular weight excluding hydrogens is 272 g/mol. The molecule has 0 aliphatic carbocycles. The molecule has 3 N–H and O–H groups in total. The quantitative estimate of drug-likeness (QED) is 0.653. The fourth-order valence-corrected chi connectivity index (χ4v) is 2.48. The predicted molar refractivity (Wildman–Crippen MR) is 83.0 cm³/mol. The number of nitrogens with one attached hydrogen (secondary N) is 1. The van der Waals surface area contributed by atoms with Crippen LogP contribution in [0.5, 0.6) is 5.75 Å². The first-order valence-electron chi connectivity index (χ1n) is 6.61. The van der Waals surface area contributed by atoms with Crippen molar-refractivity contribution < 1.29 is 4.74 Å². The molecule has 0 saturated heterocycles. The third-order valence-electron chi connectivity index (χ3n) is 3.23. The normalized spacial score (nSPS) is 12.2. The Balaban J connectivity index is 2.50. The van der Waals surface area contributed by atoms with Gasteiger partial charge in [0.2, 0.25) is 0 Å². The maximum absolute atomic E-state index is 6.41. The van der Waals surface area contributed by atoms with Crippen molar-refractivity contribution in [3.8, 4) is 5.75 Å². The van der Waals surface area contributed by atoms with E-state index in [2.05, 4.69) is 5.43 Å². The molecule has 0 aliphatic heterocycles. The summed E-state index contributed by atoms with van der Waals surface area (Å²) in [6.45, 7) is 4.55. The van der Waals surface area contributed by atoms with Crippen molar-refractivity contribution in [3.05, 3.63) is 64.2 Å². The zero-order valence-corrected chi connectivity index (χ0v) is 12.4. The Kier molecular flexibility index (Phi) is 5.01. The first kappa shape index (κ1) is 14.9. The van der Waals surface area contributed by atoms with Crippen LogP contribution in [0.15, 0.2) is 42.5 Å². The van der Waals surface area contributed by atoms with Gasteiger partial charge in [0.05, 0.1) is 12.6 Å². The molecule has 0 heterocycles. The van der Waals surface area contributed by atoms with E-state index in [0.29, 0.717) is 6.61 Å². The molecule has 2 rings (SSSR count). The van der Waals surface area contributed by atoms with Gasteiger partial charge in [0, 0.05) is 10.6 Å². The maximum Gasteiger partial charge on any atom is 0.124 e. The topological polar surface area (TPSA) is 47.3 Å². The minimum atomic E-state index is -0.204. The van der Waals surface area contributed by atoms with E-state index in [0.717, 1.165) is 27.5 Å². The molecular formula is C16H19ClN2O. The van der Waals surface area contributed by atoms with Crippen molar-refractivity contribution in [2.24, 2.45) is 5.84 Å². The molecule has 0 saturated carbocycles. The molecule has 0 aliphatic rings. The van der Waals surface area contributed by atoms with Gasteiger partial charge in [-0.05, 0) is 31.0 Å². The summed E-state index contributed by atoms with van der Waals surface area (Å²) in [7, 11) is 0. The second-order valence-corrected chi connectivity index (χ2v) is 4.93.